The van der Waals surface area contributed by atoms with Crippen LogP contribution in [0, 0.1) is 6.92 Å². The Morgan fingerprint density at radius 1 is 1.11 bits per heavy atom. The van der Waals surface area contributed by atoms with Crippen molar-refractivity contribution >= 4 is 10.0 Å². The van der Waals surface area contributed by atoms with Gasteiger partial charge in [0, 0.05) is 12.1 Å². The summed E-state index contributed by atoms with van der Waals surface area (Å²) in [4.78, 5) is 0.176. The highest BCUT2D eigenvalue weighted by Gasteiger charge is 2.20. The highest BCUT2D eigenvalue weighted by atomic mass is 32.2. The fourth-order valence-corrected chi connectivity index (χ4v) is 3.75. The second-order valence-electron chi connectivity index (χ2n) is 7.13. The summed E-state index contributed by atoms with van der Waals surface area (Å²) in [5.74, 6) is 1.41. The van der Waals surface area contributed by atoms with Crippen LogP contribution >= 0.6 is 0 Å². The number of ether oxygens (including phenoxy) is 2. The molecule has 0 spiro atoms. The first-order valence-electron chi connectivity index (χ1n) is 8.75. The molecule has 0 fully saturated rings. The maximum Gasteiger partial charge on any atom is 0.238 e. The second kappa shape index (κ2) is 8.73. The molecule has 0 amide bonds. The third-order valence-corrected chi connectivity index (χ3v) is 5.29. The van der Waals surface area contributed by atoms with E-state index in [-0.39, 0.29) is 10.4 Å². The zero-order valence-electron chi connectivity index (χ0n) is 16.3. The van der Waals surface area contributed by atoms with Crippen molar-refractivity contribution in [1.82, 2.24) is 5.32 Å². The minimum absolute atomic E-state index is 0.176. The second-order valence-corrected chi connectivity index (χ2v) is 8.66. The average Bonchev–Trinajstić information content (AvgIpc) is 2.59. The van der Waals surface area contributed by atoms with Crippen LogP contribution in [-0.4, -0.2) is 34.2 Å². The van der Waals surface area contributed by atoms with E-state index >= 15 is 0 Å². The highest BCUT2D eigenvalue weighted by molar-refractivity contribution is 7.89. The Hall–Kier alpha value is -2.09. The Morgan fingerprint density at radius 2 is 1.78 bits per heavy atom. The molecular formula is C20H28N2O4S. The van der Waals surface area contributed by atoms with Crippen molar-refractivity contribution in [1.29, 1.82) is 0 Å². The third-order valence-electron chi connectivity index (χ3n) is 4.24. The normalized spacial score (nSPS) is 12.0. The predicted molar refractivity (Wildman–Crippen MR) is 107 cm³/mol. The molecule has 2 aromatic rings. The Morgan fingerprint density at radius 3 is 2.41 bits per heavy atom. The summed E-state index contributed by atoms with van der Waals surface area (Å²) < 4.78 is 34.4. The van der Waals surface area contributed by atoms with E-state index in [1.165, 1.54) is 0 Å². The van der Waals surface area contributed by atoms with E-state index in [4.69, 9.17) is 14.6 Å². The number of hydrogen-bond acceptors (Lipinski definition) is 5. The smallest absolute Gasteiger partial charge is 0.238 e. The minimum atomic E-state index is -3.72. The van der Waals surface area contributed by atoms with Crippen LogP contribution < -0.4 is 19.9 Å². The van der Waals surface area contributed by atoms with Crippen molar-refractivity contribution < 1.29 is 17.9 Å². The lowest BCUT2D eigenvalue weighted by atomic mass is 9.94. The molecule has 6 nitrogen and oxygen atoms in total. The fraction of sp³-hybridized carbons (Fsp3) is 0.400. The Balaban J connectivity index is 1.93. The molecule has 0 saturated heterocycles. The molecule has 0 atom stereocenters. The third kappa shape index (κ3) is 6.23. The first kappa shape index (κ1) is 21.2. The van der Waals surface area contributed by atoms with Crippen molar-refractivity contribution in [2.24, 2.45) is 5.14 Å². The van der Waals surface area contributed by atoms with E-state index in [1.54, 1.807) is 26.2 Å². The van der Waals surface area contributed by atoms with E-state index in [2.05, 4.69) is 19.2 Å². The molecule has 3 N–H and O–H groups in total. The number of nitrogens with one attached hydrogen (secondary N) is 1. The van der Waals surface area contributed by atoms with E-state index in [1.807, 2.05) is 30.3 Å². The molecule has 0 bridgehead atoms. The molecule has 0 aliphatic carbocycles. The van der Waals surface area contributed by atoms with Gasteiger partial charge >= 0.3 is 0 Å². The number of primary sulfonamides is 1. The molecular weight excluding hydrogens is 364 g/mol. The van der Waals surface area contributed by atoms with Gasteiger partial charge in [-0.3, -0.25) is 0 Å². The van der Waals surface area contributed by atoms with Gasteiger partial charge in [-0.1, -0.05) is 24.3 Å². The predicted octanol–water partition coefficient (Wildman–Crippen LogP) is 2.64. The van der Waals surface area contributed by atoms with E-state index in [0.29, 0.717) is 36.6 Å². The van der Waals surface area contributed by atoms with Gasteiger partial charge in [-0.2, -0.15) is 0 Å². The average molecular weight is 393 g/mol. The standard InChI is InChI=1S/C20H28N2O4S/c1-15-9-10-16(13-19(15)27(21,23)24)14-20(2,3)22-11-12-26-18-8-6-5-7-17(18)25-4/h5-10,13,22H,11-12,14H2,1-4H3,(H2,21,23,24). The van der Waals surface area contributed by atoms with Crippen LogP contribution in [0.2, 0.25) is 0 Å². The molecule has 0 aliphatic rings. The summed E-state index contributed by atoms with van der Waals surface area (Å²) in [6.45, 7) is 6.99. The summed E-state index contributed by atoms with van der Waals surface area (Å²) in [6, 6.07) is 12.9. The lowest BCUT2D eigenvalue weighted by Gasteiger charge is -2.27. The van der Waals surface area contributed by atoms with Gasteiger partial charge in [-0.25, -0.2) is 13.6 Å². The van der Waals surface area contributed by atoms with Crippen LogP contribution in [0.15, 0.2) is 47.4 Å². The van der Waals surface area contributed by atoms with E-state index < -0.39 is 10.0 Å². The molecule has 0 heterocycles. The van der Waals surface area contributed by atoms with Crippen LogP contribution in [-0.2, 0) is 16.4 Å². The number of nitrogens with two attached hydrogens (primary N) is 1. The van der Waals surface area contributed by atoms with Gasteiger partial charge in [0.05, 0.1) is 12.0 Å². The number of benzene rings is 2. The van der Waals surface area contributed by atoms with Crippen LogP contribution in [0.1, 0.15) is 25.0 Å². The Bertz CT molecular complexity index is 879. The Labute approximate surface area is 161 Å². The van der Waals surface area contributed by atoms with E-state index in [9.17, 15) is 8.42 Å². The lowest BCUT2D eigenvalue weighted by Crippen LogP contribution is -2.43. The van der Waals surface area contributed by atoms with Crippen molar-refractivity contribution in [2.75, 3.05) is 20.3 Å². The zero-order valence-corrected chi connectivity index (χ0v) is 17.1. The molecule has 0 aliphatic heterocycles. The fourth-order valence-electron chi connectivity index (χ4n) is 2.92. The molecule has 0 saturated carbocycles. The quantitative estimate of drug-likeness (QED) is 0.640. The van der Waals surface area contributed by atoms with Crippen molar-refractivity contribution in [3.63, 3.8) is 0 Å². The summed E-state index contributed by atoms with van der Waals surface area (Å²) in [5.41, 5.74) is 1.32. The topological polar surface area (TPSA) is 90.7 Å². The summed E-state index contributed by atoms with van der Waals surface area (Å²) in [5, 5.41) is 8.74. The molecule has 148 valence electrons. The van der Waals surface area contributed by atoms with Crippen molar-refractivity contribution in [3.8, 4) is 11.5 Å². The first-order chi connectivity index (χ1) is 12.6. The van der Waals surface area contributed by atoms with Crippen LogP contribution in [0.3, 0.4) is 0 Å². The van der Waals surface area contributed by atoms with Crippen LogP contribution in [0.5, 0.6) is 11.5 Å². The summed E-state index contributed by atoms with van der Waals surface area (Å²) in [6.07, 6.45) is 0.657. The SMILES string of the molecule is COc1ccccc1OCCNC(C)(C)Cc1ccc(C)c(S(N)(=O)=O)c1. The zero-order chi connectivity index (χ0) is 20.1. The molecule has 0 aromatic heterocycles. The molecule has 2 rings (SSSR count). The van der Waals surface area contributed by atoms with Gasteiger partial charge in [-0.05, 0) is 56.5 Å². The van der Waals surface area contributed by atoms with Crippen LogP contribution in [0.4, 0.5) is 0 Å². The maximum absolute atomic E-state index is 11.7. The minimum Gasteiger partial charge on any atom is -0.493 e. The largest absolute Gasteiger partial charge is 0.493 e. The van der Waals surface area contributed by atoms with Gasteiger partial charge in [0.1, 0.15) is 6.61 Å². The molecule has 0 unspecified atom stereocenters. The summed E-state index contributed by atoms with van der Waals surface area (Å²) in [7, 11) is -2.11. The van der Waals surface area contributed by atoms with Gasteiger partial charge in [-0.15, -0.1) is 0 Å². The van der Waals surface area contributed by atoms with Crippen LogP contribution in [0.25, 0.3) is 0 Å². The molecule has 0 radical (unpaired) electrons. The Kier molecular flexibility index (Phi) is 6.86. The summed E-state index contributed by atoms with van der Waals surface area (Å²) >= 11 is 0. The molecule has 27 heavy (non-hydrogen) atoms. The number of methoxy groups -OCH3 is 1. The molecule has 2 aromatic carbocycles. The van der Waals surface area contributed by atoms with Crippen molar-refractivity contribution in [2.45, 2.75) is 37.6 Å². The van der Waals surface area contributed by atoms with Crippen molar-refractivity contribution in [3.05, 3.63) is 53.6 Å². The van der Waals surface area contributed by atoms with E-state index in [0.717, 1.165) is 5.56 Å². The first-order valence-corrected chi connectivity index (χ1v) is 10.3. The number of sulfonamides is 1. The molecule has 7 heteroatoms. The highest BCUT2D eigenvalue weighted by Crippen LogP contribution is 2.25. The number of aryl methyl sites for hydroxylation is 1. The van der Waals surface area contributed by atoms with Gasteiger partial charge < -0.3 is 14.8 Å². The lowest BCUT2D eigenvalue weighted by molar-refractivity contribution is 0.270. The van der Waals surface area contributed by atoms with Gasteiger partial charge in [0.2, 0.25) is 10.0 Å². The van der Waals surface area contributed by atoms with Gasteiger partial charge in [0.15, 0.2) is 11.5 Å². The van der Waals surface area contributed by atoms with Gasteiger partial charge in [0.25, 0.3) is 0 Å². The number of hydrogen-bond donors (Lipinski definition) is 2. The number of rotatable bonds is 9. The monoisotopic (exact) mass is 392 g/mol. The maximum atomic E-state index is 11.7. The number of para-hydroxylation sites is 2.